The van der Waals surface area contributed by atoms with Gasteiger partial charge in [-0.25, -0.2) is 0 Å². The number of rotatable bonds is 3. The van der Waals surface area contributed by atoms with Crippen LogP contribution >= 0.6 is 0 Å². The summed E-state index contributed by atoms with van der Waals surface area (Å²) < 4.78 is 5.67. The van der Waals surface area contributed by atoms with Crippen molar-refractivity contribution in [2.45, 2.75) is 50.3 Å². The van der Waals surface area contributed by atoms with Crippen LogP contribution in [0.1, 0.15) is 32.6 Å². The van der Waals surface area contributed by atoms with Crippen molar-refractivity contribution in [3.63, 3.8) is 0 Å². The first-order chi connectivity index (χ1) is 8.57. The normalized spacial score (nSPS) is 38.6. The third kappa shape index (κ3) is 2.68. The number of nitrogens with one attached hydrogen (secondary N) is 1. The first-order valence-electron chi connectivity index (χ1n) is 6.92. The van der Waals surface area contributed by atoms with E-state index in [9.17, 15) is 4.79 Å². The topological polar surface area (TPSA) is 67.6 Å². The maximum atomic E-state index is 11.6. The average Bonchev–Trinajstić information content (AvgIpc) is 2.68. The lowest BCUT2D eigenvalue weighted by atomic mass is 9.96. The van der Waals surface area contributed by atoms with Gasteiger partial charge >= 0.3 is 0 Å². The third-order valence-corrected chi connectivity index (χ3v) is 4.44. The molecule has 0 aromatic rings. The minimum absolute atomic E-state index is 0.216. The molecule has 0 radical (unpaired) electrons. The molecule has 104 valence electrons. The fourth-order valence-corrected chi connectivity index (χ4v) is 3.26. The molecule has 0 aromatic heterocycles. The van der Waals surface area contributed by atoms with Crippen LogP contribution in [-0.2, 0) is 9.53 Å². The number of ether oxygens (including phenoxy) is 1. The van der Waals surface area contributed by atoms with Gasteiger partial charge in [-0.1, -0.05) is 0 Å². The van der Waals surface area contributed by atoms with E-state index in [4.69, 9.17) is 10.5 Å². The van der Waals surface area contributed by atoms with Crippen molar-refractivity contribution in [1.29, 1.82) is 0 Å². The van der Waals surface area contributed by atoms with E-state index in [1.54, 1.807) is 0 Å². The van der Waals surface area contributed by atoms with Crippen molar-refractivity contribution in [1.82, 2.24) is 10.2 Å². The molecule has 1 saturated heterocycles. The van der Waals surface area contributed by atoms with E-state index in [0.29, 0.717) is 6.04 Å². The Morgan fingerprint density at radius 1 is 1.56 bits per heavy atom. The molecular weight excluding hydrogens is 230 g/mol. The van der Waals surface area contributed by atoms with Gasteiger partial charge in [0.2, 0.25) is 5.91 Å². The second kappa shape index (κ2) is 5.55. The highest BCUT2D eigenvalue weighted by atomic mass is 16.5. The van der Waals surface area contributed by atoms with Gasteiger partial charge in [0, 0.05) is 25.7 Å². The van der Waals surface area contributed by atoms with Gasteiger partial charge in [0.25, 0.3) is 0 Å². The molecule has 2 rings (SSSR count). The van der Waals surface area contributed by atoms with Crippen molar-refractivity contribution in [2.24, 2.45) is 5.73 Å². The van der Waals surface area contributed by atoms with E-state index in [0.717, 1.165) is 45.4 Å². The lowest BCUT2D eigenvalue weighted by molar-refractivity contribution is -0.124. The number of hydrogen-bond donors (Lipinski definition) is 2. The Kier molecular flexibility index (Phi) is 4.25. The van der Waals surface area contributed by atoms with E-state index in [-0.39, 0.29) is 12.0 Å². The molecule has 3 unspecified atom stereocenters. The van der Waals surface area contributed by atoms with E-state index < -0.39 is 5.54 Å². The highest BCUT2D eigenvalue weighted by molar-refractivity contribution is 5.85. The molecule has 0 aromatic carbocycles. The lowest BCUT2D eigenvalue weighted by Gasteiger charge is -2.30. The molecule has 0 spiro atoms. The number of nitrogens with two attached hydrogens (primary N) is 1. The Bertz CT molecular complexity index is 311. The molecular formula is C13H25N3O2. The smallest absolute Gasteiger partial charge is 0.237 e. The van der Waals surface area contributed by atoms with E-state index >= 15 is 0 Å². The minimum Gasteiger partial charge on any atom is -0.377 e. The summed E-state index contributed by atoms with van der Waals surface area (Å²) in [6, 6.07) is 0.453. The lowest BCUT2D eigenvalue weighted by Crippen LogP contribution is -2.53. The third-order valence-electron chi connectivity index (χ3n) is 4.44. The fraction of sp³-hybridized carbons (Fsp3) is 0.923. The number of primary amides is 1. The second-order valence-electron chi connectivity index (χ2n) is 5.62. The van der Waals surface area contributed by atoms with Crippen LogP contribution in [0.15, 0.2) is 0 Å². The molecule has 5 heteroatoms. The molecule has 2 aliphatic rings. The summed E-state index contributed by atoms with van der Waals surface area (Å²) in [6.45, 7) is 4.99. The van der Waals surface area contributed by atoms with Crippen molar-refractivity contribution >= 4 is 5.91 Å². The summed E-state index contributed by atoms with van der Waals surface area (Å²) in [6.07, 6.45) is 4.06. The summed E-state index contributed by atoms with van der Waals surface area (Å²) in [7, 11) is 1.83. The van der Waals surface area contributed by atoms with Crippen LogP contribution in [0.2, 0.25) is 0 Å². The van der Waals surface area contributed by atoms with Crippen molar-refractivity contribution in [3.8, 4) is 0 Å². The summed E-state index contributed by atoms with van der Waals surface area (Å²) >= 11 is 0. The Balaban J connectivity index is 2.01. The molecule has 1 heterocycles. The number of carbonyl (C=O) groups excluding carboxylic acids is 1. The molecule has 18 heavy (non-hydrogen) atoms. The first-order valence-corrected chi connectivity index (χ1v) is 6.92. The van der Waals surface area contributed by atoms with Crippen LogP contribution in [0.3, 0.4) is 0 Å². The number of hydrogen-bond acceptors (Lipinski definition) is 4. The molecule has 1 saturated carbocycles. The highest BCUT2D eigenvalue weighted by Gasteiger charge is 2.44. The van der Waals surface area contributed by atoms with Crippen LogP contribution < -0.4 is 11.1 Å². The van der Waals surface area contributed by atoms with Crippen LogP contribution in [0, 0.1) is 0 Å². The molecule has 1 aliphatic heterocycles. The largest absolute Gasteiger partial charge is 0.377 e. The Hall–Kier alpha value is -0.650. The zero-order chi connectivity index (χ0) is 13.2. The fourth-order valence-electron chi connectivity index (χ4n) is 3.26. The number of likely N-dealkylation sites (N-methyl/N-ethyl adjacent to an activating group) is 1. The summed E-state index contributed by atoms with van der Waals surface area (Å²) in [4.78, 5) is 14.1. The minimum atomic E-state index is -0.499. The van der Waals surface area contributed by atoms with Crippen molar-refractivity contribution in [2.75, 3.05) is 26.7 Å². The number of amides is 1. The quantitative estimate of drug-likeness (QED) is 0.750. The van der Waals surface area contributed by atoms with E-state index in [1.807, 2.05) is 7.05 Å². The summed E-state index contributed by atoms with van der Waals surface area (Å²) in [5.41, 5.74) is 5.05. The van der Waals surface area contributed by atoms with Crippen molar-refractivity contribution < 1.29 is 9.53 Å². The number of carbonyl (C=O) groups is 1. The van der Waals surface area contributed by atoms with Gasteiger partial charge in [0.15, 0.2) is 0 Å². The molecule has 3 N–H and O–H groups in total. The predicted molar refractivity (Wildman–Crippen MR) is 70.2 cm³/mol. The van der Waals surface area contributed by atoms with Gasteiger partial charge in [-0.15, -0.1) is 0 Å². The van der Waals surface area contributed by atoms with Gasteiger partial charge in [-0.2, -0.15) is 0 Å². The molecule has 3 atom stereocenters. The molecule has 5 nitrogen and oxygen atoms in total. The maximum absolute atomic E-state index is 11.6. The standard InChI is InChI=1S/C13H25N3O2/c1-10-9-16(6-3-7-18-10)11-4-5-13(8-11,15-2)12(14)17/h10-11,15H,3-9H2,1-2H3,(H2,14,17). The van der Waals surface area contributed by atoms with E-state index in [1.165, 1.54) is 0 Å². The van der Waals surface area contributed by atoms with Gasteiger partial charge in [0.1, 0.15) is 0 Å². The van der Waals surface area contributed by atoms with Gasteiger partial charge in [-0.3, -0.25) is 9.69 Å². The van der Waals surface area contributed by atoms with Crippen LogP contribution in [-0.4, -0.2) is 55.2 Å². The summed E-state index contributed by atoms with van der Waals surface area (Å²) in [5.74, 6) is -0.216. The molecule has 1 aliphatic carbocycles. The number of nitrogens with zero attached hydrogens (tertiary/aromatic N) is 1. The van der Waals surface area contributed by atoms with Gasteiger partial charge < -0.3 is 15.8 Å². The highest BCUT2D eigenvalue weighted by Crippen LogP contribution is 2.33. The predicted octanol–water partition coefficient (Wildman–Crippen LogP) is 0.0932. The first kappa shape index (κ1) is 13.8. The van der Waals surface area contributed by atoms with Gasteiger partial charge in [-0.05, 0) is 39.7 Å². The van der Waals surface area contributed by atoms with Crippen LogP contribution in [0.25, 0.3) is 0 Å². The van der Waals surface area contributed by atoms with Crippen molar-refractivity contribution in [3.05, 3.63) is 0 Å². The Morgan fingerprint density at radius 3 is 2.94 bits per heavy atom. The SMILES string of the molecule is CNC1(C(N)=O)CCC(N2CCCOC(C)C2)C1. The molecule has 0 bridgehead atoms. The monoisotopic (exact) mass is 255 g/mol. The van der Waals surface area contributed by atoms with Gasteiger partial charge in [0.05, 0.1) is 11.6 Å². The summed E-state index contributed by atoms with van der Waals surface area (Å²) in [5, 5.41) is 3.14. The van der Waals surface area contributed by atoms with Crippen LogP contribution in [0.5, 0.6) is 0 Å². The average molecular weight is 255 g/mol. The van der Waals surface area contributed by atoms with Crippen LogP contribution in [0.4, 0.5) is 0 Å². The molecule has 2 fully saturated rings. The second-order valence-corrected chi connectivity index (χ2v) is 5.62. The maximum Gasteiger partial charge on any atom is 0.237 e. The zero-order valence-corrected chi connectivity index (χ0v) is 11.4. The Labute approximate surface area is 109 Å². The zero-order valence-electron chi connectivity index (χ0n) is 11.4. The molecule has 1 amide bonds. The Morgan fingerprint density at radius 2 is 2.33 bits per heavy atom. The van der Waals surface area contributed by atoms with E-state index in [2.05, 4.69) is 17.1 Å².